The number of rotatable bonds is 5. The number of hydrogen-bond donors (Lipinski definition) is 0. The van der Waals surface area contributed by atoms with Crippen molar-refractivity contribution in [3.05, 3.63) is 120 Å². The van der Waals surface area contributed by atoms with Crippen molar-refractivity contribution in [1.29, 1.82) is 0 Å². The zero-order valence-corrected chi connectivity index (χ0v) is 20.8. The molecule has 4 aromatic rings. The van der Waals surface area contributed by atoms with Crippen molar-refractivity contribution in [2.45, 2.75) is 0 Å². The van der Waals surface area contributed by atoms with E-state index < -0.39 is 59.5 Å². The Kier molecular flexibility index (Phi) is 6.59. The minimum atomic E-state index is -5.08. The van der Waals surface area contributed by atoms with E-state index >= 15 is 0 Å². The first-order valence-corrected chi connectivity index (χ1v) is 17.6. The first kappa shape index (κ1) is 23.1. The van der Waals surface area contributed by atoms with Crippen molar-refractivity contribution in [3.63, 3.8) is 0 Å². The van der Waals surface area contributed by atoms with Gasteiger partial charge in [0, 0.05) is 0 Å². The fourth-order valence-electron chi connectivity index (χ4n) is 3.76. The topological polar surface area (TPSA) is 26.3 Å². The van der Waals surface area contributed by atoms with Gasteiger partial charge in [-0.2, -0.15) is 0 Å². The number of benzene rings is 4. The summed E-state index contributed by atoms with van der Waals surface area (Å²) in [5.74, 6) is -12.7. The second-order valence-electron chi connectivity index (χ2n) is 7.14. The molecule has 0 aliphatic heterocycles. The minimum absolute atomic E-state index is 0.594. The molecule has 8 heteroatoms. The summed E-state index contributed by atoms with van der Waals surface area (Å²) in [5, 5.41) is 0. The number of halogens is 5. The van der Waals surface area contributed by atoms with E-state index in [4.69, 9.17) is 4.74 Å². The van der Waals surface area contributed by atoms with Crippen LogP contribution < -0.4 is 14.1 Å². The molecule has 0 unspecified atom stereocenters. The van der Waals surface area contributed by atoms with Gasteiger partial charge in [-0.1, -0.05) is 0 Å². The van der Waals surface area contributed by atoms with Crippen LogP contribution in [0.1, 0.15) is 0 Å². The Labute approximate surface area is 190 Å². The predicted molar refractivity (Wildman–Crippen MR) is 116 cm³/mol. The molecule has 0 radical (unpaired) electrons. The first-order valence-electron chi connectivity index (χ1n) is 9.79. The Morgan fingerprint density at radius 1 is 0.515 bits per heavy atom. The molecule has 0 saturated heterocycles. The van der Waals surface area contributed by atoms with Crippen LogP contribution in [0, 0.1) is 29.1 Å². The molecule has 2 nitrogen and oxygen atoms in total. The van der Waals surface area contributed by atoms with Gasteiger partial charge in [0.25, 0.3) is 0 Å². The number of carbonyl (C=O) groups is 1. The van der Waals surface area contributed by atoms with Gasteiger partial charge in [0.05, 0.1) is 0 Å². The summed E-state index contributed by atoms with van der Waals surface area (Å²) < 4.78 is 75.7. The van der Waals surface area contributed by atoms with E-state index in [0.29, 0.717) is 9.37 Å². The van der Waals surface area contributed by atoms with Crippen LogP contribution in [0.5, 0.6) is 5.75 Å². The standard InChI is InChI=1S/C7F5O2.3C6H5.Pb/c8-2-3(9)5(11)7(14-1-13)6(12)4(2)10;3*1-2-4-6-5-3-1;/h;3*1-5H;. The summed E-state index contributed by atoms with van der Waals surface area (Å²) in [5.41, 5.74) is 0. The van der Waals surface area contributed by atoms with E-state index in [9.17, 15) is 26.7 Å². The van der Waals surface area contributed by atoms with Crippen LogP contribution >= 0.6 is 0 Å². The normalized spacial score (nSPS) is 11.3. The molecule has 0 N–H and O–H groups in total. The molecule has 0 aliphatic rings. The van der Waals surface area contributed by atoms with E-state index in [-0.39, 0.29) is 0 Å². The molecular weight excluding hydrogens is 634 g/mol. The van der Waals surface area contributed by atoms with Crippen molar-refractivity contribution in [2.75, 3.05) is 0 Å². The van der Waals surface area contributed by atoms with E-state index in [1.807, 2.05) is 0 Å². The molecule has 0 fully saturated rings. The van der Waals surface area contributed by atoms with E-state index in [1.54, 1.807) is 91.0 Å². The fourth-order valence-corrected chi connectivity index (χ4v) is 19.5. The molecule has 0 bridgehead atoms. The van der Waals surface area contributed by atoms with E-state index in [0.717, 1.165) is 0 Å². The Hall–Kier alpha value is -3.08. The molecule has 166 valence electrons. The number of hydrogen-bond acceptors (Lipinski definition) is 2. The van der Waals surface area contributed by atoms with Crippen LogP contribution in [-0.2, 0) is 0 Å². The van der Waals surface area contributed by atoms with Gasteiger partial charge >= 0.3 is 191 Å². The van der Waals surface area contributed by atoms with Gasteiger partial charge in [0.15, 0.2) is 0 Å². The summed E-state index contributed by atoms with van der Waals surface area (Å²) in [4.78, 5) is 13.9. The Morgan fingerprint density at radius 3 is 1.15 bits per heavy atom. The average Bonchev–Trinajstić information content (AvgIpc) is 2.87. The zero-order valence-electron chi connectivity index (χ0n) is 16.9. The Bertz CT molecular complexity index is 1170. The third kappa shape index (κ3) is 3.94. The van der Waals surface area contributed by atoms with Crippen LogP contribution in [0.3, 0.4) is 0 Å². The molecule has 0 amide bonds. The van der Waals surface area contributed by atoms with Gasteiger partial charge < -0.3 is 0 Å². The first-order chi connectivity index (χ1) is 15.9. The summed E-state index contributed by atoms with van der Waals surface area (Å²) in [7, 11) is 0. The van der Waals surface area contributed by atoms with Gasteiger partial charge in [-0.05, 0) is 0 Å². The number of carbonyl (C=O) groups excluding carboxylic acids is 1. The van der Waals surface area contributed by atoms with Crippen LogP contribution in [0.4, 0.5) is 26.7 Å². The number of ether oxygens (including phenoxy) is 1. The van der Waals surface area contributed by atoms with Crippen LogP contribution in [0.25, 0.3) is 0 Å². The quantitative estimate of drug-likeness (QED) is 0.137. The van der Waals surface area contributed by atoms with Crippen LogP contribution in [0.2, 0.25) is 0 Å². The summed E-state index contributed by atoms with van der Waals surface area (Å²) in [6.07, 6.45) is 0. The van der Waals surface area contributed by atoms with Crippen molar-refractivity contribution < 1.29 is 31.5 Å². The van der Waals surface area contributed by atoms with Gasteiger partial charge in [0.2, 0.25) is 0 Å². The predicted octanol–water partition coefficient (Wildman–Crippen LogP) is 4.63. The Morgan fingerprint density at radius 2 is 0.818 bits per heavy atom. The zero-order chi connectivity index (χ0) is 23.6. The molecule has 0 aliphatic carbocycles. The fraction of sp³-hybridized carbons (Fsp3) is 0. The molecular formula is C25H15F5O2Pb. The van der Waals surface area contributed by atoms with Gasteiger partial charge in [-0.25, -0.2) is 0 Å². The average molecular weight is 650 g/mol. The monoisotopic (exact) mass is 650 g/mol. The molecule has 0 aromatic heterocycles. The summed E-state index contributed by atoms with van der Waals surface area (Å²) in [6, 6.07) is 25.7. The van der Waals surface area contributed by atoms with Gasteiger partial charge in [0.1, 0.15) is 0 Å². The molecule has 4 rings (SSSR count). The molecule has 0 saturated carbocycles. The van der Waals surface area contributed by atoms with E-state index in [1.165, 1.54) is 0 Å². The second kappa shape index (κ2) is 9.42. The molecule has 0 heterocycles. The van der Waals surface area contributed by atoms with Crippen molar-refractivity contribution in [2.24, 2.45) is 0 Å². The maximum atomic E-state index is 14.4. The molecule has 0 spiro atoms. The van der Waals surface area contributed by atoms with Gasteiger partial charge in [-0.15, -0.1) is 0 Å². The maximum absolute atomic E-state index is 14.4. The SMILES string of the molecule is O=[C](Oc1c(F)c(F)c(F)c(F)c1F)[Pb]([c]1ccccc1)([c]1ccccc1)[c]1ccccc1. The van der Waals surface area contributed by atoms with Gasteiger partial charge in [-0.3, -0.25) is 0 Å². The van der Waals surface area contributed by atoms with Crippen molar-refractivity contribution >= 4 is 34.1 Å². The third-order valence-corrected chi connectivity index (χ3v) is 22.1. The summed E-state index contributed by atoms with van der Waals surface area (Å²) >= 11 is -5.08. The molecule has 4 aromatic carbocycles. The van der Waals surface area contributed by atoms with Crippen LogP contribution in [0.15, 0.2) is 91.0 Å². The Balaban J connectivity index is 2.00. The van der Waals surface area contributed by atoms with Crippen LogP contribution in [-0.4, -0.2) is 24.7 Å². The molecule has 33 heavy (non-hydrogen) atoms. The third-order valence-electron chi connectivity index (χ3n) is 5.29. The van der Waals surface area contributed by atoms with Crippen molar-refractivity contribution in [1.82, 2.24) is 0 Å². The van der Waals surface area contributed by atoms with Crippen molar-refractivity contribution in [3.8, 4) is 5.75 Å². The second-order valence-corrected chi connectivity index (χ2v) is 21.3. The van der Waals surface area contributed by atoms with E-state index in [2.05, 4.69) is 0 Å². The molecule has 0 atom stereocenters. The summed E-state index contributed by atoms with van der Waals surface area (Å²) in [6.45, 7) is 0.